The molecule has 1 aliphatic heterocycles. The van der Waals surface area contributed by atoms with E-state index in [0.29, 0.717) is 11.7 Å². The van der Waals surface area contributed by atoms with Gasteiger partial charge in [0.05, 0.1) is 11.4 Å². The number of rotatable bonds is 4. The Balaban J connectivity index is 1.27. The lowest BCUT2D eigenvalue weighted by Crippen LogP contribution is -2.19. The molecule has 0 aliphatic carbocycles. The molecule has 140 valence electrons. The maximum atomic E-state index is 5.59. The van der Waals surface area contributed by atoms with Crippen molar-refractivity contribution >= 4 is 10.9 Å². The number of likely N-dealkylation sites (tertiary alicyclic amines) is 1. The summed E-state index contributed by atoms with van der Waals surface area (Å²) in [4.78, 5) is 11.5. The smallest absolute Gasteiger partial charge is 0.231 e. The van der Waals surface area contributed by atoms with E-state index in [9.17, 15) is 0 Å². The zero-order valence-electron chi connectivity index (χ0n) is 15.9. The van der Waals surface area contributed by atoms with Crippen LogP contribution in [-0.2, 0) is 6.54 Å². The van der Waals surface area contributed by atoms with Crippen LogP contribution in [0.2, 0.25) is 0 Å². The fourth-order valence-corrected chi connectivity index (χ4v) is 3.88. The second-order valence-corrected chi connectivity index (χ2v) is 7.57. The first-order chi connectivity index (χ1) is 13.7. The van der Waals surface area contributed by atoms with E-state index < -0.39 is 0 Å². The summed E-state index contributed by atoms with van der Waals surface area (Å²) in [6.45, 7) is 4.99. The summed E-state index contributed by atoms with van der Waals surface area (Å²) in [5, 5.41) is 5.38. The van der Waals surface area contributed by atoms with Crippen LogP contribution < -0.4 is 0 Å². The van der Waals surface area contributed by atoms with Crippen molar-refractivity contribution in [3.05, 3.63) is 77.8 Å². The van der Waals surface area contributed by atoms with Gasteiger partial charge in [0.25, 0.3) is 0 Å². The van der Waals surface area contributed by atoms with E-state index in [1.807, 2.05) is 24.4 Å². The summed E-state index contributed by atoms with van der Waals surface area (Å²) in [5.74, 6) is 1.73. The van der Waals surface area contributed by atoms with Gasteiger partial charge in [0.2, 0.25) is 11.7 Å². The lowest BCUT2D eigenvalue weighted by Gasteiger charge is -2.15. The SMILES string of the molecule is Cc1ccc(-c2noc([C@H]3CCN(Cc4ccc5ncccc5c4)C3)n2)cc1. The number of fused-ring (bicyclic) bond motifs is 1. The predicted molar refractivity (Wildman–Crippen MR) is 109 cm³/mol. The van der Waals surface area contributed by atoms with Crippen LogP contribution in [-0.4, -0.2) is 33.1 Å². The maximum absolute atomic E-state index is 5.59. The van der Waals surface area contributed by atoms with Crippen molar-refractivity contribution in [1.82, 2.24) is 20.0 Å². The normalized spacial score (nSPS) is 17.4. The Bertz CT molecular complexity index is 1100. The molecule has 5 heteroatoms. The maximum Gasteiger partial charge on any atom is 0.231 e. The van der Waals surface area contributed by atoms with Crippen molar-refractivity contribution in [2.45, 2.75) is 25.8 Å². The van der Waals surface area contributed by atoms with Crippen molar-refractivity contribution in [3.8, 4) is 11.4 Å². The highest BCUT2D eigenvalue weighted by atomic mass is 16.5. The fraction of sp³-hybridized carbons (Fsp3) is 0.261. The standard InChI is InChI=1S/C23H22N4O/c1-16-4-7-18(8-5-16)22-25-23(28-26-22)20-10-12-27(15-20)14-17-6-9-21-19(13-17)3-2-11-24-21/h2-9,11,13,20H,10,12,14-15H2,1H3/t20-/m0/s1. The number of nitrogens with zero attached hydrogens (tertiary/aromatic N) is 4. The molecular formula is C23H22N4O. The molecule has 4 aromatic rings. The van der Waals surface area contributed by atoms with Gasteiger partial charge >= 0.3 is 0 Å². The summed E-state index contributed by atoms with van der Waals surface area (Å²) in [6.07, 6.45) is 2.88. The van der Waals surface area contributed by atoms with Crippen LogP contribution in [0.4, 0.5) is 0 Å². The van der Waals surface area contributed by atoms with Crippen molar-refractivity contribution in [3.63, 3.8) is 0 Å². The van der Waals surface area contributed by atoms with Crippen LogP contribution in [0, 0.1) is 6.92 Å². The molecule has 0 bridgehead atoms. The Morgan fingerprint density at radius 1 is 1.11 bits per heavy atom. The first kappa shape index (κ1) is 17.1. The topological polar surface area (TPSA) is 55.1 Å². The largest absolute Gasteiger partial charge is 0.339 e. The van der Waals surface area contributed by atoms with Crippen LogP contribution >= 0.6 is 0 Å². The zero-order valence-corrected chi connectivity index (χ0v) is 15.9. The summed E-state index contributed by atoms with van der Waals surface area (Å²) >= 11 is 0. The van der Waals surface area contributed by atoms with Crippen LogP contribution in [0.5, 0.6) is 0 Å². The molecule has 0 unspecified atom stereocenters. The molecule has 5 nitrogen and oxygen atoms in total. The third kappa shape index (κ3) is 3.41. The first-order valence-corrected chi connectivity index (χ1v) is 9.71. The Kier molecular flexibility index (Phi) is 4.37. The molecule has 0 radical (unpaired) electrons. The number of hydrogen-bond donors (Lipinski definition) is 0. The Morgan fingerprint density at radius 3 is 2.89 bits per heavy atom. The van der Waals surface area contributed by atoms with Crippen LogP contribution in [0.1, 0.15) is 29.4 Å². The quantitative estimate of drug-likeness (QED) is 0.526. The Labute approximate surface area is 164 Å². The van der Waals surface area contributed by atoms with Gasteiger partial charge in [0, 0.05) is 30.2 Å². The predicted octanol–water partition coefficient (Wildman–Crippen LogP) is 4.58. The van der Waals surface area contributed by atoms with Crippen molar-refractivity contribution < 1.29 is 4.52 Å². The molecule has 2 aromatic heterocycles. The molecule has 28 heavy (non-hydrogen) atoms. The molecule has 0 saturated carbocycles. The van der Waals surface area contributed by atoms with Gasteiger partial charge in [-0.2, -0.15) is 4.98 Å². The van der Waals surface area contributed by atoms with Gasteiger partial charge in [-0.05, 0) is 43.7 Å². The van der Waals surface area contributed by atoms with E-state index in [0.717, 1.165) is 43.0 Å². The number of benzene rings is 2. The van der Waals surface area contributed by atoms with Crippen LogP contribution in [0.15, 0.2) is 65.3 Å². The van der Waals surface area contributed by atoms with Crippen molar-refractivity contribution in [1.29, 1.82) is 0 Å². The third-order valence-corrected chi connectivity index (χ3v) is 5.45. The van der Waals surface area contributed by atoms with E-state index in [-0.39, 0.29) is 0 Å². The van der Waals surface area contributed by atoms with Gasteiger partial charge in [-0.15, -0.1) is 0 Å². The second-order valence-electron chi connectivity index (χ2n) is 7.57. The number of aromatic nitrogens is 3. The van der Waals surface area contributed by atoms with E-state index in [1.54, 1.807) is 0 Å². The molecule has 0 amide bonds. The molecule has 1 saturated heterocycles. The van der Waals surface area contributed by atoms with E-state index in [4.69, 9.17) is 4.52 Å². The van der Waals surface area contributed by atoms with Gasteiger partial charge in [-0.25, -0.2) is 0 Å². The van der Waals surface area contributed by atoms with Crippen LogP contribution in [0.3, 0.4) is 0 Å². The highest BCUT2D eigenvalue weighted by Crippen LogP contribution is 2.29. The molecule has 0 spiro atoms. The Morgan fingerprint density at radius 2 is 2.00 bits per heavy atom. The van der Waals surface area contributed by atoms with Crippen LogP contribution in [0.25, 0.3) is 22.3 Å². The van der Waals surface area contributed by atoms with E-state index >= 15 is 0 Å². The molecule has 3 heterocycles. The van der Waals surface area contributed by atoms with E-state index in [1.165, 1.54) is 16.5 Å². The minimum atomic E-state index is 0.300. The molecule has 0 N–H and O–H groups in total. The third-order valence-electron chi connectivity index (χ3n) is 5.45. The highest BCUT2D eigenvalue weighted by Gasteiger charge is 2.28. The van der Waals surface area contributed by atoms with Gasteiger partial charge in [0.1, 0.15) is 0 Å². The molecular weight excluding hydrogens is 348 g/mol. The summed E-state index contributed by atoms with van der Waals surface area (Å²) < 4.78 is 5.59. The number of pyridine rings is 1. The van der Waals surface area contributed by atoms with Gasteiger partial charge in [0.15, 0.2) is 0 Å². The molecule has 5 rings (SSSR count). The lowest BCUT2D eigenvalue weighted by atomic mass is 10.1. The Hall–Kier alpha value is -3.05. The molecule has 1 fully saturated rings. The molecule has 1 atom stereocenters. The van der Waals surface area contributed by atoms with Crippen molar-refractivity contribution in [2.24, 2.45) is 0 Å². The zero-order chi connectivity index (χ0) is 18.9. The molecule has 2 aromatic carbocycles. The average molecular weight is 370 g/mol. The van der Waals surface area contributed by atoms with Gasteiger partial charge < -0.3 is 4.52 Å². The minimum absolute atomic E-state index is 0.300. The van der Waals surface area contributed by atoms with Crippen molar-refractivity contribution in [2.75, 3.05) is 13.1 Å². The number of aryl methyl sites for hydroxylation is 1. The first-order valence-electron chi connectivity index (χ1n) is 9.71. The second kappa shape index (κ2) is 7.17. The number of hydrogen-bond acceptors (Lipinski definition) is 5. The summed E-state index contributed by atoms with van der Waals surface area (Å²) in [5.41, 5.74) is 4.58. The fourth-order valence-electron chi connectivity index (χ4n) is 3.88. The molecule has 1 aliphatic rings. The summed E-state index contributed by atoms with van der Waals surface area (Å²) in [6, 6.07) is 18.8. The van der Waals surface area contributed by atoms with Gasteiger partial charge in [-0.3, -0.25) is 9.88 Å². The van der Waals surface area contributed by atoms with E-state index in [2.05, 4.69) is 63.3 Å². The van der Waals surface area contributed by atoms with Gasteiger partial charge in [-0.1, -0.05) is 47.1 Å². The highest BCUT2D eigenvalue weighted by molar-refractivity contribution is 5.78. The summed E-state index contributed by atoms with van der Waals surface area (Å²) in [7, 11) is 0. The minimum Gasteiger partial charge on any atom is -0.339 e. The lowest BCUT2D eigenvalue weighted by molar-refractivity contribution is 0.309. The monoisotopic (exact) mass is 370 g/mol. The average Bonchev–Trinajstić information content (AvgIpc) is 3.38.